The van der Waals surface area contributed by atoms with E-state index >= 15 is 0 Å². The summed E-state index contributed by atoms with van der Waals surface area (Å²) < 4.78 is -1.10. The second-order valence-electron chi connectivity index (χ2n) is 4.40. The standard InChI is InChI=1S/C14H17N2PSe2/c18-17(19,11-7-13-5-1-3-9-15-13)12-8-14-6-2-4-10-16-14/h1-6,9-10H,7-8,11-12H2,(H,18,19)/p-1. The van der Waals surface area contributed by atoms with Crippen molar-refractivity contribution in [1.29, 1.82) is 0 Å². The van der Waals surface area contributed by atoms with Crippen LogP contribution in [0.1, 0.15) is 11.4 Å². The van der Waals surface area contributed by atoms with E-state index in [-0.39, 0.29) is 0 Å². The van der Waals surface area contributed by atoms with Gasteiger partial charge in [0.2, 0.25) is 0 Å². The molecule has 2 aromatic rings. The molecule has 0 amide bonds. The van der Waals surface area contributed by atoms with Crippen molar-refractivity contribution in [2.75, 3.05) is 12.3 Å². The van der Waals surface area contributed by atoms with Crippen molar-refractivity contribution in [2.24, 2.45) is 0 Å². The van der Waals surface area contributed by atoms with E-state index in [2.05, 4.69) is 64.9 Å². The second kappa shape index (κ2) is 7.52. The topological polar surface area (TPSA) is 25.8 Å². The van der Waals surface area contributed by atoms with E-state index in [1.54, 1.807) is 0 Å². The molecule has 0 fully saturated rings. The van der Waals surface area contributed by atoms with Gasteiger partial charge in [0.1, 0.15) is 0 Å². The summed E-state index contributed by atoms with van der Waals surface area (Å²) in [7, 11) is 0. The van der Waals surface area contributed by atoms with E-state index in [1.807, 2.05) is 24.5 Å². The first-order valence-corrected chi connectivity index (χ1v) is 12.8. The molecule has 19 heavy (non-hydrogen) atoms. The van der Waals surface area contributed by atoms with Gasteiger partial charge in [-0.15, -0.1) is 0 Å². The van der Waals surface area contributed by atoms with Gasteiger partial charge in [-0.3, -0.25) is 0 Å². The Morgan fingerprint density at radius 1 is 0.895 bits per heavy atom. The fourth-order valence-corrected chi connectivity index (χ4v) is 5.44. The van der Waals surface area contributed by atoms with Crippen LogP contribution >= 0.6 is 4.20 Å². The van der Waals surface area contributed by atoms with Crippen LogP contribution in [-0.4, -0.2) is 53.0 Å². The fraction of sp³-hybridized carbons (Fsp3) is 0.286. The summed E-state index contributed by atoms with van der Waals surface area (Å²) in [6.45, 7) is 0. The molecule has 0 aliphatic rings. The summed E-state index contributed by atoms with van der Waals surface area (Å²) in [4.78, 5) is 8.76. The molecule has 0 aliphatic heterocycles. The minimum atomic E-state index is -1.10. The summed E-state index contributed by atoms with van der Waals surface area (Å²) in [6.07, 6.45) is 8.13. The van der Waals surface area contributed by atoms with Crippen LogP contribution in [0.3, 0.4) is 0 Å². The Balaban J connectivity index is 1.84. The summed E-state index contributed by atoms with van der Waals surface area (Å²) in [6, 6.07) is 12.2. The maximum atomic E-state index is 4.38. The molecule has 2 nitrogen and oxygen atoms in total. The molecule has 0 atom stereocenters. The molecule has 100 valence electrons. The van der Waals surface area contributed by atoms with Crippen LogP contribution in [-0.2, 0) is 12.8 Å². The summed E-state index contributed by atoms with van der Waals surface area (Å²) in [5, 5.41) is 0. The van der Waals surface area contributed by atoms with Crippen molar-refractivity contribution >= 4 is 34.9 Å². The van der Waals surface area contributed by atoms with Crippen LogP contribution in [0.25, 0.3) is 0 Å². The summed E-state index contributed by atoms with van der Waals surface area (Å²) in [5.74, 6) is 0. The molecular weight excluding hydrogens is 385 g/mol. The van der Waals surface area contributed by atoms with Crippen molar-refractivity contribution < 1.29 is 0 Å². The summed E-state index contributed by atoms with van der Waals surface area (Å²) >= 11 is 6.79. The Morgan fingerprint density at radius 3 is 1.74 bits per heavy atom. The minimum absolute atomic E-state index is 1.04. The van der Waals surface area contributed by atoms with Crippen molar-refractivity contribution in [3.8, 4) is 0 Å². The van der Waals surface area contributed by atoms with Crippen LogP contribution in [0.2, 0.25) is 0 Å². The predicted molar refractivity (Wildman–Crippen MR) is 84.0 cm³/mol. The molecule has 0 bridgehead atoms. The molecule has 2 heterocycles. The number of aromatic nitrogens is 2. The summed E-state index contributed by atoms with van der Waals surface area (Å²) in [5.41, 5.74) is 2.35. The number of pyridine rings is 2. The molecule has 0 saturated heterocycles. The predicted octanol–water partition coefficient (Wildman–Crippen LogP) is 2.45. The average Bonchev–Trinajstić information content (AvgIpc) is 2.46. The molecule has 0 aromatic carbocycles. The van der Waals surface area contributed by atoms with Gasteiger partial charge in [-0.05, 0) is 0 Å². The van der Waals surface area contributed by atoms with Crippen LogP contribution in [0.15, 0.2) is 48.8 Å². The van der Waals surface area contributed by atoms with Crippen LogP contribution in [0, 0.1) is 0 Å². The number of nitrogens with zero attached hydrogens (tertiary/aromatic N) is 2. The zero-order valence-electron chi connectivity index (χ0n) is 10.6. The van der Waals surface area contributed by atoms with Gasteiger partial charge in [-0.1, -0.05) is 0 Å². The third-order valence-corrected chi connectivity index (χ3v) is 9.28. The van der Waals surface area contributed by atoms with Gasteiger partial charge >= 0.3 is 130 Å². The molecule has 2 rings (SSSR count). The normalized spacial score (nSPS) is 11.4. The van der Waals surface area contributed by atoms with Gasteiger partial charge in [0.25, 0.3) is 0 Å². The van der Waals surface area contributed by atoms with Crippen LogP contribution in [0.4, 0.5) is 0 Å². The third kappa shape index (κ3) is 5.73. The van der Waals surface area contributed by atoms with Crippen molar-refractivity contribution in [3.05, 3.63) is 60.2 Å². The van der Waals surface area contributed by atoms with E-state index in [0.717, 1.165) is 25.2 Å². The van der Waals surface area contributed by atoms with Gasteiger partial charge in [-0.2, -0.15) is 0 Å². The fourth-order valence-electron chi connectivity index (χ4n) is 1.77. The van der Waals surface area contributed by atoms with E-state index in [9.17, 15) is 0 Å². The molecule has 5 heteroatoms. The molecule has 0 aliphatic carbocycles. The zero-order valence-corrected chi connectivity index (χ0v) is 14.9. The molecule has 0 radical (unpaired) electrons. The van der Waals surface area contributed by atoms with Gasteiger partial charge in [0.15, 0.2) is 0 Å². The maximum absolute atomic E-state index is 4.38. The molecule has 0 spiro atoms. The SMILES string of the molecule is [Se]=P([Se-])(CCc1ccccn1)CCc1ccccn1. The van der Waals surface area contributed by atoms with E-state index in [0.29, 0.717) is 0 Å². The Hall–Kier alpha value is -0.231. The number of hydrogen-bond donors (Lipinski definition) is 0. The molecule has 0 unspecified atom stereocenters. The number of aryl methyl sites for hydroxylation is 2. The van der Waals surface area contributed by atoms with Gasteiger partial charge in [0, 0.05) is 0 Å². The Kier molecular flexibility index (Phi) is 6.01. The third-order valence-electron chi connectivity index (χ3n) is 2.87. The Labute approximate surface area is 130 Å². The van der Waals surface area contributed by atoms with Crippen molar-refractivity contribution in [1.82, 2.24) is 9.97 Å². The van der Waals surface area contributed by atoms with E-state index in [1.165, 1.54) is 11.4 Å². The van der Waals surface area contributed by atoms with Crippen LogP contribution in [0.5, 0.6) is 0 Å². The quantitative estimate of drug-likeness (QED) is 0.549. The van der Waals surface area contributed by atoms with Crippen molar-refractivity contribution in [2.45, 2.75) is 12.8 Å². The monoisotopic (exact) mass is 403 g/mol. The molecule has 2 aromatic heterocycles. The molecular formula is C14H16N2PSe2-. The van der Waals surface area contributed by atoms with Gasteiger partial charge < -0.3 is 0 Å². The molecule has 0 saturated carbocycles. The van der Waals surface area contributed by atoms with Crippen LogP contribution < -0.4 is 0 Å². The van der Waals surface area contributed by atoms with E-state index in [4.69, 9.17) is 0 Å². The van der Waals surface area contributed by atoms with Gasteiger partial charge in [-0.25, -0.2) is 0 Å². The molecule has 0 N–H and O–H groups in total. The first-order valence-electron chi connectivity index (χ1n) is 6.25. The van der Waals surface area contributed by atoms with E-state index < -0.39 is 4.20 Å². The average molecular weight is 401 g/mol. The van der Waals surface area contributed by atoms with Crippen molar-refractivity contribution in [3.63, 3.8) is 0 Å². The van der Waals surface area contributed by atoms with Gasteiger partial charge in [0.05, 0.1) is 0 Å². The first kappa shape index (κ1) is 15.2. The second-order valence-corrected chi connectivity index (χ2v) is 19.2. The number of rotatable bonds is 6. The Morgan fingerprint density at radius 2 is 1.37 bits per heavy atom. The first-order chi connectivity index (χ1) is 9.16. The number of hydrogen-bond acceptors (Lipinski definition) is 2. The zero-order chi connectivity index (χ0) is 13.6. The Bertz CT molecular complexity index is 498.